The van der Waals surface area contributed by atoms with Crippen LogP contribution in [0.1, 0.15) is 30.0 Å². The zero-order chi connectivity index (χ0) is 23.3. The number of nitrogens with zero attached hydrogens (tertiary/aromatic N) is 3. The third kappa shape index (κ3) is 5.83. The standard InChI is InChI=1S/C22H22ClN5O3S/c1-13-20(32-22(26-13)27-21(24)25)28(17-5-3-2-4-6-17)18(29)11-15(12-19(30)31)14-7-9-16(23)10-8-14/h2-10,15H,11-12H2,1H3,(H,30,31)(H4,24,25,26,27). The molecule has 0 fully saturated rings. The van der Waals surface area contributed by atoms with Gasteiger partial charge in [-0.2, -0.15) is 4.99 Å². The van der Waals surface area contributed by atoms with E-state index in [2.05, 4.69) is 9.98 Å². The number of guanidine groups is 1. The van der Waals surface area contributed by atoms with Gasteiger partial charge in [0.2, 0.25) is 11.0 Å². The monoisotopic (exact) mass is 471 g/mol. The third-order valence-corrected chi connectivity index (χ3v) is 5.92. The number of aryl methyl sites for hydroxylation is 1. The fourth-order valence-electron chi connectivity index (χ4n) is 3.25. The maximum absolute atomic E-state index is 13.6. The summed E-state index contributed by atoms with van der Waals surface area (Å²) in [5.41, 5.74) is 12.9. The second-order valence-corrected chi connectivity index (χ2v) is 8.43. The minimum atomic E-state index is -0.993. The summed E-state index contributed by atoms with van der Waals surface area (Å²) in [6, 6.07) is 15.9. The number of carboxylic acid groups (broad SMARTS) is 1. The lowest BCUT2D eigenvalue weighted by atomic mass is 9.92. The van der Waals surface area contributed by atoms with Crippen molar-refractivity contribution in [2.24, 2.45) is 16.5 Å². The number of hydrogen-bond acceptors (Lipinski definition) is 5. The van der Waals surface area contributed by atoms with E-state index in [1.807, 2.05) is 18.2 Å². The molecule has 0 radical (unpaired) electrons. The van der Waals surface area contributed by atoms with E-state index < -0.39 is 11.9 Å². The predicted molar refractivity (Wildman–Crippen MR) is 127 cm³/mol. The van der Waals surface area contributed by atoms with Gasteiger partial charge in [0.1, 0.15) is 5.00 Å². The van der Waals surface area contributed by atoms with Crippen molar-refractivity contribution in [2.45, 2.75) is 25.7 Å². The van der Waals surface area contributed by atoms with Crippen molar-refractivity contribution in [1.29, 1.82) is 0 Å². The number of carbonyl (C=O) groups excluding carboxylic acids is 1. The number of halogens is 1. The van der Waals surface area contributed by atoms with Crippen molar-refractivity contribution < 1.29 is 14.7 Å². The number of aliphatic imine (C=N–C) groups is 1. The highest BCUT2D eigenvalue weighted by Crippen LogP contribution is 2.39. The van der Waals surface area contributed by atoms with E-state index in [9.17, 15) is 14.7 Å². The Balaban J connectivity index is 2.00. The van der Waals surface area contributed by atoms with Gasteiger partial charge < -0.3 is 16.6 Å². The van der Waals surface area contributed by atoms with Crippen LogP contribution in [0.5, 0.6) is 0 Å². The van der Waals surface area contributed by atoms with Gasteiger partial charge in [0, 0.05) is 23.0 Å². The first kappa shape index (κ1) is 23.2. The van der Waals surface area contributed by atoms with Crippen molar-refractivity contribution in [1.82, 2.24) is 4.98 Å². The Hall–Kier alpha value is -3.43. The minimum Gasteiger partial charge on any atom is -0.481 e. The summed E-state index contributed by atoms with van der Waals surface area (Å²) >= 11 is 7.14. The number of anilines is 2. The van der Waals surface area contributed by atoms with E-state index >= 15 is 0 Å². The summed E-state index contributed by atoms with van der Waals surface area (Å²) in [4.78, 5) is 34.9. The van der Waals surface area contributed by atoms with Crippen LogP contribution in [0.3, 0.4) is 0 Å². The van der Waals surface area contributed by atoms with Crippen LogP contribution in [0.2, 0.25) is 5.02 Å². The van der Waals surface area contributed by atoms with Crippen LogP contribution in [0.4, 0.5) is 15.8 Å². The molecular formula is C22H22ClN5O3S. The SMILES string of the molecule is Cc1nc(N=C(N)N)sc1N(C(=O)CC(CC(=O)O)c1ccc(Cl)cc1)c1ccccc1. The Morgan fingerprint density at radius 2 is 1.78 bits per heavy atom. The summed E-state index contributed by atoms with van der Waals surface area (Å²) in [6.45, 7) is 1.76. The Morgan fingerprint density at radius 3 is 2.38 bits per heavy atom. The van der Waals surface area contributed by atoms with Crippen LogP contribution in [-0.4, -0.2) is 27.9 Å². The van der Waals surface area contributed by atoms with Gasteiger partial charge in [-0.15, -0.1) is 0 Å². The maximum Gasteiger partial charge on any atom is 0.303 e. The van der Waals surface area contributed by atoms with Crippen molar-refractivity contribution in [3.63, 3.8) is 0 Å². The van der Waals surface area contributed by atoms with E-state index in [-0.39, 0.29) is 24.7 Å². The quantitative estimate of drug-likeness (QED) is 0.330. The van der Waals surface area contributed by atoms with Crippen LogP contribution < -0.4 is 16.4 Å². The molecule has 0 spiro atoms. The summed E-state index contributed by atoms with van der Waals surface area (Å²) in [5.74, 6) is -1.94. The fourth-order valence-corrected chi connectivity index (χ4v) is 4.37. The van der Waals surface area contributed by atoms with Crippen molar-refractivity contribution >= 4 is 56.6 Å². The molecule has 3 rings (SSSR count). The van der Waals surface area contributed by atoms with Crippen LogP contribution in [-0.2, 0) is 9.59 Å². The average molecular weight is 472 g/mol. The molecule has 8 nitrogen and oxygen atoms in total. The smallest absolute Gasteiger partial charge is 0.303 e. The number of nitrogens with two attached hydrogens (primary N) is 2. The Bertz CT molecular complexity index is 1130. The number of amides is 1. The van der Waals surface area contributed by atoms with Crippen molar-refractivity contribution in [3.05, 3.63) is 70.9 Å². The maximum atomic E-state index is 13.6. The molecule has 1 aromatic heterocycles. The molecule has 2 aromatic carbocycles. The Kier molecular flexibility index (Phi) is 7.45. The van der Waals surface area contributed by atoms with E-state index in [1.165, 1.54) is 16.2 Å². The summed E-state index contributed by atoms with van der Waals surface area (Å²) in [7, 11) is 0. The highest BCUT2D eigenvalue weighted by Gasteiger charge is 2.27. The van der Waals surface area contributed by atoms with Gasteiger partial charge in [0.15, 0.2) is 5.96 Å². The van der Waals surface area contributed by atoms with Crippen LogP contribution >= 0.6 is 22.9 Å². The van der Waals surface area contributed by atoms with Gasteiger partial charge in [-0.3, -0.25) is 14.5 Å². The zero-order valence-corrected chi connectivity index (χ0v) is 18.8. The molecule has 0 aliphatic carbocycles. The Morgan fingerprint density at radius 1 is 1.12 bits per heavy atom. The number of carboxylic acids is 1. The molecule has 166 valence electrons. The van der Waals surface area contributed by atoms with Gasteiger partial charge in [-0.05, 0) is 36.8 Å². The normalized spacial score (nSPS) is 11.6. The minimum absolute atomic E-state index is 0.0300. The van der Waals surface area contributed by atoms with E-state index in [1.54, 1.807) is 43.3 Å². The first-order chi connectivity index (χ1) is 15.2. The molecule has 3 aromatic rings. The number of rotatable bonds is 8. The molecule has 1 amide bonds. The highest BCUT2D eigenvalue weighted by atomic mass is 35.5. The van der Waals surface area contributed by atoms with Crippen molar-refractivity contribution in [2.75, 3.05) is 4.90 Å². The van der Waals surface area contributed by atoms with Gasteiger partial charge >= 0.3 is 5.97 Å². The van der Waals surface area contributed by atoms with Gasteiger partial charge in [0.25, 0.3) is 0 Å². The lowest BCUT2D eigenvalue weighted by molar-refractivity contribution is -0.137. The molecule has 0 saturated heterocycles. The number of benzene rings is 2. The van der Waals surface area contributed by atoms with Gasteiger partial charge in [-0.25, -0.2) is 4.98 Å². The molecule has 1 heterocycles. The zero-order valence-electron chi connectivity index (χ0n) is 17.2. The van der Waals surface area contributed by atoms with Gasteiger partial charge in [0.05, 0.1) is 12.1 Å². The number of aromatic nitrogens is 1. The van der Waals surface area contributed by atoms with Gasteiger partial charge in [-0.1, -0.05) is 53.3 Å². The first-order valence-corrected chi connectivity index (χ1v) is 10.9. The molecule has 5 N–H and O–H groups in total. The molecule has 1 atom stereocenters. The molecule has 0 saturated carbocycles. The number of thiazole rings is 1. The van der Waals surface area contributed by atoms with Crippen molar-refractivity contribution in [3.8, 4) is 0 Å². The Labute approximate surface area is 194 Å². The van der Waals surface area contributed by atoms with E-state index in [4.69, 9.17) is 23.1 Å². The number of carbonyl (C=O) groups is 2. The molecule has 10 heteroatoms. The summed E-state index contributed by atoms with van der Waals surface area (Å²) in [5, 5.41) is 10.8. The van der Waals surface area contributed by atoms with E-state index in [0.717, 1.165) is 5.56 Å². The summed E-state index contributed by atoms with van der Waals surface area (Å²) < 4.78 is 0. The number of hydrogen-bond donors (Lipinski definition) is 3. The molecule has 1 unspecified atom stereocenters. The van der Waals surface area contributed by atoms with Crippen LogP contribution in [0.15, 0.2) is 59.6 Å². The lowest BCUT2D eigenvalue weighted by Gasteiger charge is -2.24. The predicted octanol–water partition coefficient (Wildman–Crippen LogP) is 4.32. The lowest BCUT2D eigenvalue weighted by Crippen LogP contribution is -2.28. The highest BCUT2D eigenvalue weighted by molar-refractivity contribution is 7.19. The second kappa shape index (κ2) is 10.3. The molecular weight excluding hydrogens is 450 g/mol. The first-order valence-electron chi connectivity index (χ1n) is 9.67. The third-order valence-electron chi connectivity index (χ3n) is 4.64. The van der Waals surface area contributed by atoms with Crippen LogP contribution in [0, 0.1) is 6.92 Å². The molecule has 0 bridgehead atoms. The second-order valence-electron chi connectivity index (χ2n) is 7.04. The van der Waals surface area contributed by atoms with E-state index in [0.29, 0.717) is 26.5 Å². The largest absolute Gasteiger partial charge is 0.481 e. The topological polar surface area (TPSA) is 135 Å². The average Bonchev–Trinajstić information content (AvgIpc) is 3.07. The van der Waals surface area contributed by atoms with Crippen LogP contribution in [0.25, 0.3) is 0 Å². The number of aliphatic carboxylic acids is 1. The molecule has 32 heavy (non-hydrogen) atoms. The summed E-state index contributed by atoms with van der Waals surface area (Å²) in [6.07, 6.45) is -0.227. The number of para-hydroxylation sites is 1. The molecule has 0 aliphatic rings. The molecule has 0 aliphatic heterocycles. The fraction of sp³-hybridized carbons (Fsp3) is 0.182.